The smallest absolute Gasteiger partial charge is 0.263 e. The molecule has 1 unspecified atom stereocenters. The predicted molar refractivity (Wildman–Crippen MR) is 143 cm³/mol. The van der Waals surface area contributed by atoms with Gasteiger partial charge in [0, 0.05) is 23.5 Å². The van der Waals surface area contributed by atoms with Gasteiger partial charge in [0.25, 0.3) is 5.56 Å². The van der Waals surface area contributed by atoms with Crippen LogP contribution in [-0.4, -0.2) is 27.3 Å². The number of nitrogens with zero attached hydrogens (tertiary/aromatic N) is 2. The molecule has 0 fully saturated rings. The molecule has 0 aliphatic carbocycles. The van der Waals surface area contributed by atoms with E-state index in [-0.39, 0.29) is 23.3 Å². The Morgan fingerprint density at radius 1 is 1.18 bits per heavy atom. The van der Waals surface area contributed by atoms with Crippen LogP contribution in [0.3, 0.4) is 0 Å². The van der Waals surface area contributed by atoms with Crippen LogP contribution in [0, 0.1) is 0 Å². The van der Waals surface area contributed by atoms with Crippen LogP contribution in [0.15, 0.2) is 88.6 Å². The second kappa shape index (κ2) is 11.3. The first-order valence-electron chi connectivity index (χ1n) is 11.2. The van der Waals surface area contributed by atoms with E-state index in [0.717, 1.165) is 24.0 Å². The largest absolute Gasteiger partial charge is 0.353 e. The Bertz CT molecular complexity index is 1330. The summed E-state index contributed by atoms with van der Waals surface area (Å²) in [4.78, 5) is 31.4. The van der Waals surface area contributed by atoms with Gasteiger partial charge < -0.3 is 5.32 Å². The molecule has 0 bridgehead atoms. The molecule has 0 aliphatic rings. The second-order valence-corrected chi connectivity index (χ2v) is 9.88. The predicted octanol–water partition coefficient (Wildman–Crippen LogP) is 5.54. The number of thiophene rings is 1. The van der Waals surface area contributed by atoms with Crippen LogP contribution in [0.5, 0.6) is 0 Å². The first-order chi connectivity index (χ1) is 16.6. The number of carbonyl (C=O) groups is 1. The third kappa shape index (κ3) is 5.66. The molecule has 0 aliphatic heterocycles. The summed E-state index contributed by atoms with van der Waals surface area (Å²) in [5, 5.41) is 6.18. The minimum atomic E-state index is -0.107. The highest BCUT2D eigenvalue weighted by Gasteiger charge is 2.18. The zero-order valence-corrected chi connectivity index (χ0v) is 20.7. The number of hydrogen-bond acceptors (Lipinski definition) is 5. The van der Waals surface area contributed by atoms with Gasteiger partial charge in [-0.1, -0.05) is 78.5 Å². The number of thioether (sulfide) groups is 1. The van der Waals surface area contributed by atoms with Crippen molar-refractivity contribution in [1.82, 2.24) is 14.9 Å². The Morgan fingerprint density at radius 3 is 2.59 bits per heavy atom. The van der Waals surface area contributed by atoms with Crippen LogP contribution in [-0.2, 0) is 17.8 Å². The molecule has 0 radical (unpaired) electrons. The van der Waals surface area contributed by atoms with Crippen LogP contribution in [0.25, 0.3) is 21.3 Å². The molecular weight excluding hydrogens is 462 g/mol. The fourth-order valence-electron chi connectivity index (χ4n) is 3.78. The third-order valence-electron chi connectivity index (χ3n) is 5.50. The van der Waals surface area contributed by atoms with Crippen LogP contribution >= 0.6 is 23.1 Å². The molecule has 0 spiro atoms. The summed E-state index contributed by atoms with van der Waals surface area (Å²) in [5.41, 5.74) is 3.03. The van der Waals surface area contributed by atoms with Gasteiger partial charge in [0.05, 0.1) is 11.1 Å². The monoisotopic (exact) mass is 489 g/mol. The van der Waals surface area contributed by atoms with Crippen molar-refractivity contribution in [3.63, 3.8) is 0 Å². The number of fused-ring (bicyclic) bond motifs is 1. The van der Waals surface area contributed by atoms with Gasteiger partial charge in [-0.2, -0.15) is 0 Å². The number of carbonyl (C=O) groups excluding carboxylic acids is 1. The Hall–Kier alpha value is -3.16. The first-order valence-corrected chi connectivity index (χ1v) is 13.1. The van der Waals surface area contributed by atoms with E-state index in [1.807, 2.05) is 60.8 Å². The van der Waals surface area contributed by atoms with E-state index in [4.69, 9.17) is 4.98 Å². The van der Waals surface area contributed by atoms with E-state index in [2.05, 4.69) is 24.0 Å². The molecule has 7 heteroatoms. The average molecular weight is 490 g/mol. The first kappa shape index (κ1) is 24.0. The van der Waals surface area contributed by atoms with Gasteiger partial charge in [-0.3, -0.25) is 14.2 Å². The molecular formula is C27H27N3O2S2. The molecule has 2 aromatic heterocycles. The Labute approximate surface area is 207 Å². The summed E-state index contributed by atoms with van der Waals surface area (Å²) < 4.78 is 1.60. The lowest BCUT2D eigenvalue weighted by atomic mass is 10.1. The summed E-state index contributed by atoms with van der Waals surface area (Å²) in [6.07, 6.45) is 3.46. The molecule has 4 rings (SSSR count). The van der Waals surface area contributed by atoms with Gasteiger partial charge in [-0.05, 0) is 30.9 Å². The summed E-state index contributed by atoms with van der Waals surface area (Å²) in [6.45, 7) is 6.14. The number of aryl methyl sites for hydroxylation is 1. The molecule has 34 heavy (non-hydrogen) atoms. The molecule has 1 N–H and O–H groups in total. The van der Waals surface area contributed by atoms with Crippen LogP contribution in [0.2, 0.25) is 0 Å². The quantitative estimate of drug-likeness (QED) is 0.180. The lowest BCUT2D eigenvalue weighted by molar-refractivity contribution is -0.119. The van der Waals surface area contributed by atoms with E-state index in [1.165, 1.54) is 28.7 Å². The van der Waals surface area contributed by atoms with E-state index in [0.29, 0.717) is 21.9 Å². The van der Waals surface area contributed by atoms with Gasteiger partial charge in [-0.15, -0.1) is 17.9 Å². The van der Waals surface area contributed by atoms with E-state index in [1.54, 1.807) is 10.6 Å². The zero-order valence-electron chi connectivity index (χ0n) is 19.1. The van der Waals surface area contributed by atoms with Gasteiger partial charge >= 0.3 is 0 Å². The van der Waals surface area contributed by atoms with Gasteiger partial charge in [0.2, 0.25) is 5.91 Å². The maximum absolute atomic E-state index is 13.4. The summed E-state index contributed by atoms with van der Waals surface area (Å²) in [6, 6.07) is 20.2. The van der Waals surface area contributed by atoms with Crippen molar-refractivity contribution in [3.8, 4) is 11.1 Å². The molecule has 4 aromatic rings. The maximum Gasteiger partial charge on any atom is 0.263 e. The third-order valence-corrected chi connectivity index (χ3v) is 7.35. The van der Waals surface area contributed by atoms with Crippen molar-refractivity contribution in [2.24, 2.45) is 0 Å². The Kier molecular flexibility index (Phi) is 7.98. The van der Waals surface area contributed by atoms with E-state index >= 15 is 0 Å². The highest BCUT2D eigenvalue weighted by molar-refractivity contribution is 7.99. The van der Waals surface area contributed by atoms with Crippen molar-refractivity contribution in [2.45, 2.75) is 37.5 Å². The summed E-state index contributed by atoms with van der Waals surface area (Å²) in [7, 11) is 0. The number of benzene rings is 2. The topological polar surface area (TPSA) is 64.0 Å². The summed E-state index contributed by atoms with van der Waals surface area (Å²) in [5.74, 6) is 0.128. The molecule has 1 amide bonds. The van der Waals surface area contributed by atoms with Crippen LogP contribution in [0.1, 0.15) is 18.9 Å². The lowest BCUT2D eigenvalue weighted by Gasteiger charge is -2.14. The Balaban J connectivity index is 1.47. The van der Waals surface area contributed by atoms with Crippen molar-refractivity contribution < 1.29 is 4.79 Å². The molecule has 2 aromatic carbocycles. The fourth-order valence-corrected chi connectivity index (χ4v) is 5.59. The van der Waals surface area contributed by atoms with E-state index < -0.39 is 0 Å². The molecule has 0 saturated heterocycles. The average Bonchev–Trinajstić information content (AvgIpc) is 3.29. The van der Waals surface area contributed by atoms with Crippen molar-refractivity contribution in [3.05, 3.63) is 94.6 Å². The Morgan fingerprint density at radius 2 is 1.88 bits per heavy atom. The molecule has 174 valence electrons. The zero-order chi connectivity index (χ0) is 23.9. The van der Waals surface area contributed by atoms with Crippen LogP contribution in [0.4, 0.5) is 0 Å². The SMILES string of the molecule is C=CCn1c(SCC(=O)NC(C)CCc2ccccc2)nc2scc(-c3ccccc3)c2c1=O. The van der Waals surface area contributed by atoms with Crippen molar-refractivity contribution >= 4 is 39.2 Å². The van der Waals surface area contributed by atoms with Gasteiger partial charge in [-0.25, -0.2) is 4.98 Å². The number of hydrogen-bond donors (Lipinski definition) is 1. The number of rotatable bonds is 10. The number of amides is 1. The second-order valence-electron chi connectivity index (χ2n) is 8.08. The number of aromatic nitrogens is 2. The summed E-state index contributed by atoms with van der Waals surface area (Å²) >= 11 is 2.73. The lowest BCUT2D eigenvalue weighted by Crippen LogP contribution is -2.34. The maximum atomic E-state index is 13.4. The molecule has 5 nitrogen and oxygen atoms in total. The van der Waals surface area contributed by atoms with Crippen LogP contribution < -0.4 is 10.9 Å². The van der Waals surface area contributed by atoms with Crippen molar-refractivity contribution in [2.75, 3.05) is 5.75 Å². The molecule has 1 atom stereocenters. The molecule has 2 heterocycles. The number of nitrogens with one attached hydrogen (secondary N) is 1. The fraction of sp³-hybridized carbons (Fsp3) is 0.222. The minimum Gasteiger partial charge on any atom is -0.353 e. The standard InChI is InChI=1S/C27H27N3O2S2/c1-3-16-30-26(32)24-22(21-12-8-5-9-13-21)17-33-25(24)29-27(30)34-18-23(31)28-19(2)14-15-20-10-6-4-7-11-20/h3-13,17,19H,1,14-16,18H2,2H3,(H,28,31). The number of allylic oxidation sites excluding steroid dienone is 1. The highest BCUT2D eigenvalue weighted by atomic mass is 32.2. The normalized spacial score (nSPS) is 11.9. The minimum absolute atomic E-state index is 0.0600. The van der Waals surface area contributed by atoms with Crippen molar-refractivity contribution in [1.29, 1.82) is 0 Å². The molecule has 0 saturated carbocycles. The van der Waals surface area contributed by atoms with Gasteiger partial charge in [0.15, 0.2) is 5.16 Å². The highest BCUT2D eigenvalue weighted by Crippen LogP contribution is 2.32. The van der Waals surface area contributed by atoms with E-state index in [9.17, 15) is 9.59 Å². The van der Waals surface area contributed by atoms with Gasteiger partial charge in [0.1, 0.15) is 4.83 Å².